The maximum Gasteiger partial charge on any atom is 0.338 e. The molecule has 3 amide bonds. The van der Waals surface area contributed by atoms with Crippen molar-refractivity contribution in [1.29, 1.82) is 0 Å². The number of imide groups is 1. The standard InChI is InChI=1S/C29H26ClN3O5/c1-3-16-38-29(37)20-9-7-10-22(17-20)32-26(34)19-12-14-21(15-13-19)31-25-24(30)27(35)33(28(25)36)23-11-6-5-8-18(23)4-2/h5-15,17,31H,3-4,16H2,1-2H3,(H,32,34). The lowest BCUT2D eigenvalue weighted by Gasteiger charge is -2.18. The molecule has 0 spiro atoms. The molecular formula is C29H26ClN3O5. The van der Waals surface area contributed by atoms with Crippen molar-refractivity contribution >= 4 is 52.4 Å². The maximum atomic E-state index is 13.1. The van der Waals surface area contributed by atoms with Crippen LogP contribution in [0.5, 0.6) is 0 Å². The van der Waals surface area contributed by atoms with Gasteiger partial charge in [-0.05, 0) is 66.9 Å². The van der Waals surface area contributed by atoms with Crippen molar-refractivity contribution in [2.75, 3.05) is 22.1 Å². The van der Waals surface area contributed by atoms with E-state index in [1.165, 1.54) is 0 Å². The van der Waals surface area contributed by atoms with Crippen molar-refractivity contribution < 1.29 is 23.9 Å². The van der Waals surface area contributed by atoms with Crippen LogP contribution < -0.4 is 15.5 Å². The van der Waals surface area contributed by atoms with Gasteiger partial charge in [0, 0.05) is 16.9 Å². The summed E-state index contributed by atoms with van der Waals surface area (Å²) in [7, 11) is 0. The minimum atomic E-state index is -0.600. The normalized spacial score (nSPS) is 13.1. The molecule has 194 valence electrons. The number of ether oxygens (including phenoxy) is 1. The highest BCUT2D eigenvalue weighted by molar-refractivity contribution is 6.53. The second kappa shape index (κ2) is 11.7. The van der Waals surface area contributed by atoms with E-state index >= 15 is 0 Å². The van der Waals surface area contributed by atoms with Crippen LogP contribution in [0.1, 0.15) is 46.5 Å². The Bertz CT molecular complexity index is 1430. The quantitative estimate of drug-likeness (QED) is 0.279. The molecule has 0 aliphatic carbocycles. The van der Waals surface area contributed by atoms with Crippen LogP contribution in [-0.2, 0) is 20.7 Å². The molecule has 2 N–H and O–H groups in total. The smallest absolute Gasteiger partial charge is 0.338 e. The Morgan fingerprint density at radius 3 is 2.32 bits per heavy atom. The zero-order chi connectivity index (χ0) is 27.2. The molecule has 1 aliphatic rings. The number of para-hydroxylation sites is 1. The Kier molecular flexibility index (Phi) is 8.23. The summed E-state index contributed by atoms with van der Waals surface area (Å²) in [6, 6.07) is 20.0. The number of hydrogen-bond acceptors (Lipinski definition) is 6. The summed E-state index contributed by atoms with van der Waals surface area (Å²) >= 11 is 6.26. The van der Waals surface area contributed by atoms with Crippen molar-refractivity contribution in [3.63, 3.8) is 0 Å². The second-order valence-electron chi connectivity index (χ2n) is 8.49. The fraction of sp³-hybridized carbons (Fsp3) is 0.172. The van der Waals surface area contributed by atoms with Crippen LogP contribution in [0, 0.1) is 0 Å². The number of halogens is 1. The molecule has 0 fully saturated rings. The van der Waals surface area contributed by atoms with Crippen LogP contribution in [0.4, 0.5) is 17.1 Å². The molecular weight excluding hydrogens is 506 g/mol. The number of esters is 1. The first-order valence-electron chi connectivity index (χ1n) is 12.2. The van der Waals surface area contributed by atoms with Gasteiger partial charge >= 0.3 is 5.97 Å². The monoisotopic (exact) mass is 531 g/mol. The Morgan fingerprint density at radius 1 is 0.868 bits per heavy atom. The number of hydrogen-bond donors (Lipinski definition) is 2. The van der Waals surface area contributed by atoms with Gasteiger partial charge in [0.25, 0.3) is 17.7 Å². The van der Waals surface area contributed by atoms with Crippen LogP contribution in [0.15, 0.2) is 83.5 Å². The molecule has 0 bridgehead atoms. The largest absolute Gasteiger partial charge is 0.462 e. The third-order valence-corrected chi connectivity index (χ3v) is 6.20. The number of carbonyl (C=O) groups excluding carboxylic acids is 4. The van der Waals surface area contributed by atoms with E-state index in [4.69, 9.17) is 16.3 Å². The van der Waals surface area contributed by atoms with Gasteiger partial charge in [0.15, 0.2) is 0 Å². The van der Waals surface area contributed by atoms with Gasteiger partial charge in [0.05, 0.1) is 17.9 Å². The van der Waals surface area contributed by atoms with E-state index in [2.05, 4.69) is 10.6 Å². The topological polar surface area (TPSA) is 105 Å². The Labute approximate surface area is 225 Å². The molecule has 9 heteroatoms. The van der Waals surface area contributed by atoms with E-state index in [1.54, 1.807) is 60.7 Å². The predicted molar refractivity (Wildman–Crippen MR) is 146 cm³/mol. The summed E-state index contributed by atoms with van der Waals surface area (Å²) in [5.41, 5.74) is 2.92. The first kappa shape index (κ1) is 26.6. The SMILES string of the molecule is CCCOC(=O)c1cccc(NC(=O)c2ccc(NC3=C(Cl)C(=O)N(c4ccccc4CC)C3=O)cc2)c1. The Hall–Kier alpha value is -4.43. The van der Waals surface area contributed by atoms with Crippen molar-refractivity contribution in [3.05, 3.63) is 100 Å². The molecule has 0 radical (unpaired) electrons. The lowest BCUT2D eigenvalue weighted by Crippen LogP contribution is -2.33. The van der Waals surface area contributed by atoms with Gasteiger partial charge in [-0.3, -0.25) is 14.4 Å². The highest BCUT2D eigenvalue weighted by atomic mass is 35.5. The van der Waals surface area contributed by atoms with Gasteiger partial charge in [-0.25, -0.2) is 9.69 Å². The molecule has 0 atom stereocenters. The Balaban J connectivity index is 1.44. The number of rotatable bonds is 9. The summed E-state index contributed by atoms with van der Waals surface area (Å²) in [6.07, 6.45) is 1.36. The molecule has 1 heterocycles. The number of anilines is 3. The highest BCUT2D eigenvalue weighted by Gasteiger charge is 2.39. The predicted octanol–water partition coefficient (Wildman–Crippen LogP) is 5.50. The fourth-order valence-corrected chi connectivity index (χ4v) is 4.13. The molecule has 0 aromatic heterocycles. The number of nitrogens with one attached hydrogen (secondary N) is 2. The van der Waals surface area contributed by atoms with Crippen LogP contribution in [0.2, 0.25) is 0 Å². The van der Waals surface area contributed by atoms with Gasteiger partial charge in [0.1, 0.15) is 10.7 Å². The Morgan fingerprint density at radius 2 is 1.61 bits per heavy atom. The van der Waals surface area contributed by atoms with Crippen molar-refractivity contribution in [3.8, 4) is 0 Å². The zero-order valence-electron chi connectivity index (χ0n) is 20.9. The summed E-state index contributed by atoms with van der Waals surface area (Å²) < 4.78 is 5.13. The zero-order valence-corrected chi connectivity index (χ0v) is 21.7. The third kappa shape index (κ3) is 5.60. The minimum absolute atomic E-state index is 0.0356. The van der Waals surface area contributed by atoms with Crippen molar-refractivity contribution in [2.45, 2.75) is 26.7 Å². The summed E-state index contributed by atoms with van der Waals surface area (Å²) in [5, 5.41) is 5.46. The van der Waals surface area contributed by atoms with Gasteiger partial charge in [-0.15, -0.1) is 0 Å². The van der Waals surface area contributed by atoms with Crippen LogP contribution >= 0.6 is 11.6 Å². The minimum Gasteiger partial charge on any atom is -0.462 e. The van der Waals surface area contributed by atoms with E-state index in [-0.39, 0.29) is 16.6 Å². The molecule has 38 heavy (non-hydrogen) atoms. The molecule has 8 nitrogen and oxygen atoms in total. The van der Waals surface area contributed by atoms with Crippen LogP contribution in [-0.4, -0.2) is 30.3 Å². The van der Waals surface area contributed by atoms with Gasteiger partial charge in [-0.1, -0.05) is 49.7 Å². The van der Waals surface area contributed by atoms with Gasteiger partial charge < -0.3 is 15.4 Å². The number of benzene rings is 3. The number of nitrogens with zero attached hydrogens (tertiary/aromatic N) is 1. The number of amides is 3. The molecule has 0 saturated carbocycles. The average molecular weight is 532 g/mol. The molecule has 0 saturated heterocycles. The lowest BCUT2D eigenvalue weighted by atomic mass is 10.1. The highest BCUT2D eigenvalue weighted by Crippen LogP contribution is 2.32. The van der Waals surface area contributed by atoms with E-state index in [1.807, 2.05) is 26.0 Å². The average Bonchev–Trinajstić information content (AvgIpc) is 3.14. The van der Waals surface area contributed by atoms with E-state index in [0.717, 1.165) is 10.5 Å². The molecule has 3 aromatic carbocycles. The third-order valence-electron chi connectivity index (χ3n) is 5.85. The van der Waals surface area contributed by atoms with E-state index in [0.29, 0.717) is 47.6 Å². The second-order valence-corrected chi connectivity index (χ2v) is 8.87. The molecule has 3 aromatic rings. The maximum absolute atomic E-state index is 13.1. The molecule has 1 aliphatic heterocycles. The lowest BCUT2D eigenvalue weighted by molar-refractivity contribution is -0.120. The first-order valence-corrected chi connectivity index (χ1v) is 12.5. The summed E-state index contributed by atoms with van der Waals surface area (Å²) in [4.78, 5) is 51.8. The van der Waals surface area contributed by atoms with Gasteiger partial charge in [0.2, 0.25) is 0 Å². The summed E-state index contributed by atoms with van der Waals surface area (Å²) in [6.45, 7) is 4.17. The van der Waals surface area contributed by atoms with Crippen LogP contribution in [0.3, 0.4) is 0 Å². The molecule has 4 rings (SSSR count). The fourth-order valence-electron chi connectivity index (χ4n) is 3.91. The molecule has 0 unspecified atom stereocenters. The number of carbonyl (C=O) groups is 4. The van der Waals surface area contributed by atoms with Crippen molar-refractivity contribution in [2.24, 2.45) is 0 Å². The first-order chi connectivity index (χ1) is 18.3. The number of aryl methyl sites for hydroxylation is 1. The summed E-state index contributed by atoms with van der Waals surface area (Å²) in [5.74, 6) is -2.00. The van der Waals surface area contributed by atoms with Crippen molar-refractivity contribution in [1.82, 2.24) is 0 Å². The van der Waals surface area contributed by atoms with E-state index < -0.39 is 17.8 Å². The van der Waals surface area contributed by atoms with Crippen LogP contribution in [0.25, 0.3) is 0 Å². The van der Waals surface area contributed by atoms with Gasteiger partial charge in [-0.2, -0.15) is 0 Å². The van der Waals surface area contributed by atoms with E-state index in [9.17, 15) is 19.2 Å².